The lowest BCUT2D eigenvalue weighted by Crippen LogP contribution is -2.59. The molecule has 5 rings (SSSR count). The van der Waals surface area contributed by atoms with Crippen molar-refractivity contribution in [2.45, 2.75) is 67.3 Å². The lowest BCUT2D eigenvalue weighted by Gasteiger charge is -2.39. The van der Waals surface area contributed by atoms with Gasteiger partial charge in [-0.2, -0.15) is 0 Å². The van der Waals surface area contributed by atoms with E-state index < -0.39 is 53.6 Å². The number of morpholine rings is 1. The monoisotopic (exact) mass is 744 g/mol. The second kappa shape index (κ2) is 16.7. The van der Waals surface area contributed by atoms with Gasteiger partial charge >= 0.3 is 5.97 Å². The van der Waals surface area contributed by atoms with Crippen LogP contribution in [-0.4, -0.2) is 131 Å². The lowest BCUT2D eigenvalue weighted by molar-refractivity contribution is -0.161. The van der Waals surface area contributed by atoms with Crippen molar-refractivity contribution in [3.05, 3.63) is 61.2 Å². The number of allylic oxidation sites excluding steroid dienone is 1. The summed E-state index contributed by atoms with van der Waals surface area (Å²) in [6.07, 6.45) is 3.30. The van der Waals surface area contributed by atoms with Crippen molar-refractivity contribution in [1.29, 1.82) is 0 Å². The summed E-state index contributed by atoms with van der Waals surface area (Å²) in [5.41, 5.74) is -0.619. The van der Waals surface area contributed by atoms with E-state index in [1.165, 1.54) is 4.90 Å². The normalized spacial score (nSPS) is 28.8. The van der Waals surface area contributed by atoms with Crippen molar-refractivity contribution >= 4 is 39.6 Å². The molecule has 0 aromatic heterocycles. The van der Waals surface area contributed by atoms with Gasteiger partial charge in [0.15, 0.2) is 0 Å². The topological polar surface area (TPSA) is 138 Å². The highest BCUT2D eigenvalue weighted by atomic mass is 79.9. The van der Waals surface area contributed by atoms with Crippen LogP contribution in [0.15, 0.2) is 55.6 Å². The van der Waals surface area contributed by atoms with Gasteiger partial charge in [0, 0.05) is 44.0 Å². The zero-order chi connectivity index (χ0) is 35.1. The smallest absolute Gasteiger partial charge is 0.313 e. The third kappa shape index (κ3) is 7.65. The quantitative estimate of drug-likeness (QED) is 0.140. The highest BCUT2D eigenvalue weighted by Gasteiger charge is 2.77. The molecule has 4 fully saturated rings. The van der Waals surface area contributed by atoms with Gasteiger partial charge < -0.3 is 34.4 Å². The SMILES string of the molecule is C=CCCC(=O)NC[C@H](OC(=O)[C@H]1[C@@H]2O[C@@]3(CC2Br)[C@@H]1C(=O)N([C@@H](CC)CO)[C@@H]3C(=O)N(CC=C)CCN1CCOCC1)c1ccccc1. The summed E-state index contributed by atoms with van der Waals surface area (Å²) in [6, 6.07) is 7.42. The van der Waals surface area contributed by atoms with Gasteiger partial charge in [0.2, 0.25) is 17.7 Å². The first kappa shape index (κ1) is 37.2. The first-order valence-corrected chi connectivity index (χ1v) is 18.2. The summed E-state index contributed by atoms with van der Waals surface area (Å²) in [7, 11) is 0. The summed E-state index contributed by atoms with van der Waals surface area (Å²) < 4.78 is 18.3. The van der Waals surface area contributed by atoms with E-state index in [1.807, 2.05) is 37.3 Å². The minimum Gasteiger partial charge on any atom is -0.455 e. The van der Waals surface area contributed by atoms with Crippen LogP contribution in [0.1, 0.15) is 44.3 Å². The van der Waals surface area contributed by atoms with Crippen LogP contribution in [0.2, 0.25) is 0 Å². The third-order valence-corrected chi connectivity index (χ3v) is 11.1. The van der Waals surface area contributed by atoms with Gasteiger partial charge in [-0.25, -0.2) is 0 Å². The van der Waals surface area contributed by atoms with Crippen molar-refractivity contribution in [3.8, 4) is 0 Å². The van der Waals surface area contributed by atoms with Crippen molar-refractivity contribution in [1.82, 2.24) is 20.0 Å². The molecule has 0 aliphatic carbocycles. The first-order valence-electron chi connectivity index (χ1n) is 17.3. The molecule has 13 heteroatoms. The molecular weight excluding hydrogens is 696 g/mol. The fourth-order valence-electron chi connectivity index (χ4n) is 7.77. The Bertz CT molecular complexity index is 1360. The fraction of sp³-hybridized carbons (Fsp3) is 0.611. The molecule has 4 saturated heterocycles. The number of alkyl halides is 1. The third-order valence-electron chi connectivity index (χ3n) is 10.2. The molecule has 1 aromatic rings. The molecule has 8 atom stereocenters. The number of ether oxygens (including phenoxy) is 3. The number of hydrogen-bond acceptors (Lipinski definition) is 9. The Morgan fingerprint density at radius 1 is 1.20 bits per heavy atom. The maximum atomic E-state index is 14.7. The van der Waals surface area contributed by atoms with Crippen LogP contribution in [0, 0.1) is 11.8 Å². The van der Waals surface area contributed by atoms with E-state index in [0.717, 1.165) is 13.1 Å². The van der Waals surface area contributed by atoms with Crippen LogP contribution in [0.25, 0.3) is 0 Å². The van der Waals surface area contributed by atoms with Gasteiger partial charge in [-0.15, -0.1) is 13.2 Å². The van der Waals surface area contributed by atoms with Crippen LogP contribution < -0.4 is 5.32 Å². The first-order chi connectivity index (χ1) is 23.7. The van der Waals surface area contributed by atoms with Gasteiger partial charge in [0.05, 0.1) is 50.3 Å². The second-order valence-corrected chi connectivity index (χ2v) is 14.3. The van der Waals surface area contributed by atoms with Crippen molar-refractivity contribution in [3.63, 3.8) is 0 Å². The molecule has 0 saturated carbocycles. The maximum absolute atomic E-state index is 14.7. The Hall–Kier alpha value is -3.10. The highest BCUT2D eigenvalue weighted by Crippen LogP contribution is 2.61. The number of nitrogens with zero attached hydrogens (tertiary/aromatic N) is 3. The van der Waals surface area contributed by atoms with E-state index in [-0.39, 0.29) is 42.8 Å². The van der Waals surface area contributed by atoms with Gasteiger partial charge in [0.1, 0.15) is 17.7 Å². The number of carbonyl (C=O) groups excluding carboxylic acids is 4. The van der Waals surface area contributed by atoms with Gasteiger partial charge in [0.25, 0.3) is 0 Å². The Kier molecular flexibility index (Phi) is 12.7. The van der Waals surface area contributed by atoms with Crippen LogP contribution >= 0.6 is 15.9 Å². The molecule has 1 spiro atoms. The van der Waals surface area contributed by atoms with Crippen LogP contribution in [-0.2, 0) is 33.4 Å². The predicted octanol–water partition coefficient (Wildman–Crippen LogP) is 2.22. The molecule has 4 aliphatic rings. The summed E-state index contributed by atoms with van der Waals surface area (Å²) in [5.74, 6) is -3.53. The number of benzene rings is 1. The van der Waals surface area contributed by atoms with Gasteiger partial charge in [-0.3, -0.25) is 24.1 Å². The van der Waals surface area contributed by atoms with Gasteiger partial charge in [-0.05, 0) is 24.8 Å². The van der Waals surface area contributed by atoms with Crippen molar-refractivity contribution in [2.75, 3.05) is 59.1 Å². The second-order valence-electron chi connectivity index (χ2n) is 13.1. The Balaban J connectivity index is 1.44. The van der Waals surface area contributed by atoms with E-state index in [9.17, 15) is 24.3 Å². The number of rotatable bonds is 17. The molecule has 4 aliphatic heterocycles. The van der Waals surface area contributed by atoms with Crippen LogP contribution in [0.4, 0.5) is 0 Å². The number of aliphatic hydroxyl groups excluding tert-OH is 1. The molecule has 1 aromatic carbocycles. The van der Waals surface area contributed by atoms with Crippen molar-refractivity contribution < 1.29 is 38.5 Å². The number of likely N-dealkylation sites (tertiary alicyclic amines) is 1. The van der Waals surface area contributed by atoms with E-state index in [1.54, 1.807) is 17.1 Å². The fourth-order valence-corrected chi connectivity index (χ4v) is 8.72. The minimum atomic E-state index is -1.31. The number of nitrogens with one attached hydrogen (secondary N) is 1. The molecule has 2 N–H and O–H groups in total. The van der Waals surface area contributed by atoms with E-state index >= 15 is 0 Å². The van der Waals surface area contributed by atoms with E-state index in [0.29, 0.717) is 51.1 Å². The summed E-state index contributed by atoms with van der Waals surface area (Å²) in [5, 5.41) is 13.3. The van der Waals surface area contributed by atoms with Crippen molar-refractivity contribution in [2.24, 2.45) is 11.8 Å². The number of aliphatic hydroxyl groups is 1. The molecule has 2 bridgehead atoms. The average molecular weight is 746 g/mol. The predicted molar refractivity (Wildman–Crippen MR) is 185 cm³/mol. The molecule has 0 radical (unpaired) electrons. The number of amides is 3. The summed E-state index contributed by atoms with van der Waals surface area (Å²) >= 11 is 3.72. The maximum Gasteiger partial charge on any atom is 0.313 e. The molecule has 1 unspecified atom stereocenters. The number of halogens is 1. The molecule has 49 heavy (non-hydrogen) atoms. The van der Waals surface area contributed by atoms with Crippen LogP contribution in [0.3, 0.4) is 0 Å². The lowest BCUT2D eigenvalue weighted by atomic mass is 9.70. The van der Waals surface area contributed by atoms with E-state index in [2.05, 4.69) is 39.3 Å². The van der Waals surface area contributed by atoms with Crippen LogP contribution in [0.5, 0.6) is 0 Å². The number of hydrogen-bond donors (Lipinski definition) is 2. The van der Waals surface area contributed by atoms with Gasteiger partial charge in [-0.1, -0.05) is 65.3 Å². The standard InChI is InChI=1S/C36H49BrN4O8/c1-4-7-13-28(43)38-22-27(24-11-9-8-10-12-24)48-35(46)29-30-33(44)41(25(6-3)23-42)32(36(30)21-26(37)31(29)49-36)34(45)40(14-5-2)16-15-39-17-19-47-20-18-39/h4-5,8-12,25-27,29-32,42H,1-2,6-7,13-23H2,3H3,(H,38,43)/t25-,26?,27-,29+,30-,31+,32+,36-/m0/s1. The number of carbonyl (C=O) groups is 4. The molecule has 4 heterocycles. The Morgan fingerprint density at radius 2 is 1.94 bits per heavy atom. The minimum absolute atomic E-state index is 0.0424. The molecule has 268 valence electrons. The zero-order valence-electron chi connectivity index (χ0n) is 28.2. The molecule has 3 amide bonds. The summed E-state index contributed by atoms with van der Waals surface area (Å²) in [6.45, 7) is 13.2. The largest absolute Gasteiger partial charge is 0.455 e. The Labute approximate surface area is 296 Å². The summed E-state index contributed by atoms with van der Waals surface area (Å²) in [4.78, 5) is 61.1. The zero-order valence-corrected chi connectivity index (χ0v) is 29.8. The Morgan fingerprint density at radius 3 is 2.59 bits per heavy atom. The highest BCUT2D eigenvalue weighted by molar-refractivity contribution is 9.09. The number of esters is 1. The average Bonchev–Trinajstić information content (AvgIpc) is 3.72. The number of fused-ring (bicyclic) bond motifs is 1. The molecule has 12 nitrogen and oxygen atoms in total. The van der Waals surface area contributed by atoms with E-state index in [4.69, 9.17) is 14.2 Å². The molecular formula is C36H49BrN4O8.